The minimum atomic E-state index is -3.26. The van der Waals surface area contributed by atoms with E-state index >= 15 is 0 Å². The van der Waals surface area contributed by atoms with Gasteiger partial charge in [-0.1, -0.05) is 26.0 Å². The number of hydrogen-bond acceptors (Lipinski definition) is 4. The van der Waals surface area contributed by atoms with Gasteiger partial charge >= 0.3 is 0 Å². The van der Waals surface area contributed by atoms with Crippen molar-refractivity contribution in [1.29, 1.82) is 0 Å². The van der Waals surface area contributed by atoms with Crippen LogP contribution in [0.25, 0.3) is 0 Å². The maximum absolute atomic E-state index is 13.0. The van der Waals surface area contributed by atoms with Crippen LogP contribution < -0.4 is 10.1 Å². The molecule has 7 heteroatoms. The normalized spacial score (nSPS) is 13.6. The Morgan fingerprint density at radius 2 is 1.63 bits per heavy atom. The second-order valence-electron chi connectivity index (χ2n) is 6.28. The van der Waals surface area contributed by atoms with Crippen LogP contribution in [0, 0.1) is 5.82 Å². The molecule has 0 aliphatic rings. The fourth-order valence-corrected chi connectivity index (χ4v) is 3.26. The first-order valence-electron chi connectivity index (χ1n) is 8.77. The largest absolute Gasteiger partial charge is 0.481 e. The standard InChI is InChI=1S/C20H24FNO4S/c1-4-18(14-6-12-17(13-7-14)27(3,24)25)22-20(23)19(5-2)26-16-10-8-15(21)9-11-16/h6-13,18-19H,4-5H2,1-3H3,(H,22,23)/t18-,19+/m1/s1. The molecule has 1 N–H and O–H groups in total. The van der Waals surface area contributed by atoms with Crippen molar-refractivity contribution in [2.75, 3.05) is 6.26 Å². The van der Waals surface area contributed by atoms with E-state index < -0.39 is 15.9 Å². The Morgan fingerprint density at radius 3 is 2.11 bits per heavy atom. The fraction of sp³-hybridized carbons (Fsp3) is 0.350. The Balaban J connectivity index is 2.09. The van der Waals surface area contributed by atoms with E-state index in [1.54, 1.807) is 12.1 Å². The van der Waals surface area contributed by atoms with E-state index in [4.69, 9.17) is 4.74 Å². The Bertz CT molecular complexity index is 864. The number of benzene rings is 2. The molecule has 0 fully saturated rings. The van der Waals surface area contributed by atoms with Crippen LogP contribution in [0.15, 0.2) is 53.4 Å². The van der Waals surface area contributed by atoms with Gasteiger partial charge in [-0.15, -0.1) is 0 Å². The van der Waals surface area contributed by atoms with Gasteiger partial charge in [0.05, 0.1) is 10.9 Å². The van der Waals surface area contributed by atoms with Crippen molar-refractivity contribution in [2.45, 2.75) is 43.7 Å². The lowest BCUT2D eigenvalue weighted by atomic mass is 10.0. The van der Waals surface area contributed by atoms with Gasteiger partial charge in [-0.05, 0) is 54.8 Å². The summed E-state index contributed by atoms with van der Waals surface area (Å²) in [6, 6.07) is 11.7. The number of halogens is 1. The third kappa shape index (κ3) is 5.79. The molecule has 27 heavy (non-hydrogen) atoms. The summed E-state index contributed by atoms with van der Waals surface area (Å²) in [4.78, 5) is 12.8. The molecule has 0 saturated heterocycles. The number of nitrogens with one attached hydrogen (secondary N) is 1. The third-order valence-electron chi connectivity index (χ3n) is 4.19. The molecular formula is C20H24FNO4S. The molecule has 2 aromatic rings. The van der Waals surface area contributed by atoms with Crippen molar-refractivity contribution < 1.29 is 22.3 Å². The number of amides is 1. The first-order chi connectivity index (χ1) is 12.7. The molecule has 0 unspecified atom stereocenters. The highest BCUT2D eigenvalue weighted by Crippen LogP contribution is 2.20. The molecule has 0 aliphatic heterocycles. The van der Waals surface area contributed by atoms with Gasteiger partial charge < -0.3 is 10.1 Å². The lowest BCUT2D eigenvalue weighted by Gasteiger charge is -2.22. The quantitative estimate of drug-likeness (QED) is 0.743. The van der Waals surface area contributed by atoms with Crippen molar-refractivity contribution in [3.63, 3.8) is 0 Å². The van der Waals surface area contributed by atoms with E-state index in [-0.39, 0.29) is 22.7 Å². The summed E-state index contributed by atoms with van der Waals surface area (Å²) < 4.78 is 41.8. The predicted molar refractivity (Wildman–Crippen MR) is 102 cm³/mol. The SMILES string of the molecule is CC[C@H](Oc1ccc(F)cc1)C(=O)N[C@H](CC)c1ccc(S(C)(=O)=O)cc1. The minimum Gasteiger partial charge on any atom is -0.481 e. The number of rotatable bonds is 8. The van der Waals surface area contributed by atoms with Crippen LogP contribution in [-0.4, -0.2) is 26.7 Å². The van der Waals surface area contributed by atoms with Crippen LogP contribution >= 0.6 is 0 Å². The lowest BCUT2D eigenvalue weighted by molar-refractivity contribution is -0.128. The highest BCUT2D eigenvalue weighted by atomic mass is 32.2. The van der Waals surface area contributed by atoms with Crippen molar-refractivity contribution in [3.8, 4) is 5.75 Å². The number of carbonyl (C=O) groups excluding carboxylic acids is 1. The van der Waals surface area contributed by atoms with E-state index in [2.05, 4.69) is 5.32 Å². The maximum Gasteiger partial charge on any atom is 0.261 e. The number of ether oxygens (including phenoxy) is 1. The molecule has 2 aromatic carbocycles. The van der Waals surface area contributed by atoms with E-state index in [1.807, 2.05) is 13.8 Å². The van der Waals surface area contributed by atoms with Gasteiger partial charge in [0, 0.05) is 6.26 Å². The van der Waals surface area contributed by atoms with Gasteiger partial charge in [-0.3, -0.25) is 4.79 Å². The summed E-state index contributed by atoms with van der Waals surface area (Å²) in [5.41, 5.74) is 0.815. The average molecular weight is 393 g/mol. The Kier molecular flexibility index (Phi) is 6.96. The molecule has 0 bridgehead atoms. The summed E-state index contributed by atoms with van der Waals surface area (Å²) in [5.74, 6) is -0.228. The van der Waals surface area contributed by atoms with Crippen LogP contribution in [-0.2, 0) is 14.6 Å². The zero-order valence-electron chi connectivity index (χ0n) is 15.6. The van der Waals surface area contributed by atoms with Gasteiger partial charge in [-0.25, -0.2) is 12.8 Å². The van der Waals surface area contributed by atoms with Crippen LogP contribution in [0.2, 0.25) is 0 Å². The van der Waals surface area contributed by atoms with E-state index in [0.29, 0.717) is 18.6 Å². The van der Waals surface area contributed by atoms with Gasteiger partial charge in [0.1, 0.15) is 11.6 Å². The van der Waals surface area contributed by atoms with Crippen LogP contribution in [0.5, 0.6) is 5.75 Å². The summed E-state index contributed by atoms with van der Waals surface area (Å²) in [5, 5.41) is 2.94. The average Bonchev–Trinajstić information content (AvgIpc) is 2.64. The molecule has 146 valence electrons. The fourth-order valence-electron chi connectivity index (χ4n) is 2.63. The Morgan fingerprint density at radius 1 is 1.04 bits per heavy atom. The topological polar surface area (TPSA) is 72.5 Å². The van der Waals surface area contributed by atoms with Crippen LogP contribution in [0.3, 0.4) is 0 Å². The van der Waals surface area contributed by atoms with Crippen LogP contribution in [0.4, 0.5) is 4.39 Å². The van der Waals surface area contributed by atoms with Crippen molar-refractivity contribution in [2.24, 2.45) is 0 Å². The lowest BCUT2D eigenvalue weighted by Crippen LogP contribution is -2.39. The monoisotopic (exact) mass is 393 g/mol. The first kappa shape index (κ1) is 20.9. The number of carbonyl (C=O) groups is 1. The molecule has 2 rings (SSSR count). The number of hydrogen-bond donors (Lipinski definition) is 1. The van der Waals surface area contributed by atoms with Gasteiger partial charge in [-0.2, -0.15) is 0 Å². The first-order valence-corrected chi connectivity index (χ1v) is 10.7. The molecule has 0 spiro atoms. The van der Waals surface area contributed by atoms with Gasteiger partial charge in [0.15, 0.2) is 15.9 Å². The van der Waals surface area contributed by atoms with Crippen molar-refractivity contribution in [1.82, 2.24) is 5.32 Å². The highest BCUT2D eigenvalue weighted by molar-refractivity contribution is 7.90. The Labute approximate surface area is 159 Å². The van der Waals surface area contributed by atoms with Crippen molar-refractivity contribution in [3.05, 3.63) is 59.9 Å². The van der Waals surface area contributed by atoms with E-state index in [0.717, 1.165) is 11.8 Å². The zero-order valence-corrected chi connectivity index (χ0v) is 16.4. The summed E-state index contributed by atoms with van der Waals surface area (Å²) in [7, 11) is -3.26. The molecule has 1 amide bonds. The zero-order chi connectivity index (χ0) is 20.0. The summed E-state index contributed by atoms with van der Waals surface area (Å²) in [6.45, 7) is 3.76. The second kappa shape index (κ2) is 8.99. The van der Waals surface area contributed by atoms with E-state index in [9.17, 15) is 17.6 Å². The molecule has 0 saturated carbocycles. The summed E-state index contributed by atoms with van der Waals surface area (Å²) >= 11 is 0. The smallest absolute Gasteiger partial charge is 0.261 e. The molecule has 0 aromatic heterocycles. The molecular weight excluding hydrogens is 369 g/mol. The van der Waals surface area contributed by atoms with Crippen molar-refractivity contribution >= 4 is 15.7 Å². The molecule has 0 heterocycles. The van der Waals surface area contributed by atoms with E-state index in [1.165, 1.54) is 36.4 Å². The molecule has 0 radical (unpaired) electrons. The second-order valence-corrected chi connectivity index (χ2v) is 8.30. The van der Waals surface area contributed by atoms with Gasteiger partial charge in [0.25, 0.3) is 5.91 Å². The third-order valence-corrected chi connectivity index (χ3v) is 5.32. The minimum absolute atomic E-state index is 0.235. The Hall–Kier alpha value is -2.41. The molecule has 0 aliphatic carbocycles. The van der Waals surface area contributed by atoms with Crippen LogP contribution in [0.1, 0.15) is 38.3 Å². The molecule has 2 atom stereocenters. The summed E-state index contributed by atoms with van der Waals surface area (Å²) in [6.07, 6.45) is 1.53. The maximum atomic E-state index is 13.0. The highest BCUT2D eigenvalue weighted by Gasteiger charge is 2.22. The predicted octanol–water partition coefficient (Wildman–Crippen LogP) is 3.65. The van der Waals surface area contributed by atoms with Gasteiger partial charge in [0.2, 0.25) is 0 Å². The number of sulfone groups is 1. The molecule has 5 nitrogen and oxygen atoms in total.